The maximum Gasteiger partial charge on any atom is 0.349 e. The lowest BCUT2D eigenvalue weighted by Crippen LogP contribution is -2.20. The van der Waals surface area contributed by atoms with Crippen LogP contribution in [0.15, 0.2) is 57.7 Å². The van der Waals surface area contributed by atoms with Crippen molar-refractivity contribution in [3.05, 3.63) is 64.5 Å². The van der Waals surface area contributed by atoms with Crippen LogP contribution in [0.5, 0.6) is 11.5 Å². The summed E-state index contributed by atoms with van der Waals surface area (Å²) in [6.45, 7) is 2.59. The summed E-state index contributed by atoms with van der Waals surface area (Å²) in [7, 11) is 1.51. The number of carbonyl (C=O) groups excluding carboxylic acids is 1. The van der Waals surface area contributed by atoms with Gasteiger partial charge in [-0.3, -0.25) is 4.79 Å². The Kier molecular flexibility index (Phi) is 5.22. The van der Waals surface area contributed by atoms with E-state index in [1.54, 1.807) is 42.5 Å². The van der Waals surface area contributed by atoms with Crippen LogP contribution < -0.4 is 20.4 Å². The average Bonchev–Trinajstić information content (AvgIpc) is 2.66. The van der Waals surface area contributed by atoms with Crippen LogP contribution in [0.2, 0.25) is 0 Å². The van der Waals surface area contributed by atoms with Crippen molar-refractivity contribution in [1.29, 1.82) is 0 Å². The van der Waals surface area contributed by atoms with Crippen LogP contribution in [0.1, 0.15) is 23.7 Å². The molecule has 6 nitrogen and oxygen atoms in total. The molecule has 26 heavy (non-hydrogen) atoms. The Labute approximate surface area is 150 Å². The van der Waals surface area contributed by atoms with Gasteiger partial charge in [-0.2, -0.15) is 0 Å². The van der Waals surface area contributed by atoms with Crippen molar-refractivity contribution in [3.8, 4) is 11.5 Å². The van der Waals surface area contributed by atoms with Crippen molar-refractivity contribution in [2.24, 2.45) is 0 Å². The first-order valence-corrected chi connectivity index (χ1v) is 8.27. The van der Waals surface area contributed by atoms with Crippen LogP contribution in [0.4, 0.5) is 5.69 Å². The van der Waals surface area contributed by atoms with E-state index in [1.165, 1.54) is 13.2 Å². The topological polar surface area (TPSA) is 77.8 Å². The van der Waals surface area contributed by atoms with Gasteiger partial charge in [0.15, 0.2) is 0 Å². The zero-order valence-electron chi connectivity index (χ0n) is 14.6. The third-order valence-electron chi connectivity index (χ3n) is 3.78. The number of hydrogen-bond donors (Lipinski definition) is 1. The summed E-state index contributed by atoms with van der Waals surface area (Å²) in [6.07, 6.45) is 0.879. The molecule has 0 unspecified atom stereocenters. The predicted octanol–water partition coefficient (Wildman–Crippen LogP) is 3.84. The molecule has 0 saturated carbocycles. The number of amides is 1. The minimum atomic E-state index is -0.711. The van der Waals surface area contributed by atoms with Crippen molar-refractivity contribution >= 4 is 22.6 Å². The largest absolute Gasteiger partial charge is 0.495 e. The minimum absolute atomic E-state index is 0.0781. The fourth-order valence-corrected chi connectivity index (χ4v) is 2.50. The zero-order valence-corrected chi connectivity index (χ0v) is 14.6. The van der Waals surface area contributed by atoms with Crippen molar-refractivity contribution in [2.45, 2.75) is 13.3 Å². The number of fused-ring (bicyclic) bond motifs is 1. The van der Waals surface area contributed by atoms with Crippen molar-refractivity contribution in [3.63, 3.8) is 0 Å². The number of hydrogen-bond acceptors (Lipinski definition) is 5. The highest BCUT2D eigenvalue weighted by molar-refractivity contribution is 6.06. The van der Waals surface area contributed by atoms with E-state index in [0.717, 1.165) is 6.42 Å². The summed E-state index contributed by atoms with van der Waals surface area (Å²) < 4.78 is 16.0. The van der Waals surface area contributed by atoms with Gasteiger partial charge in [0.2, 0.25) is 0 Å². The lowest BCUT2D eigenvalue weighted by atomic mass is 10.1. The summed E-state index contributed by atoms with van der Waals surface area (Å²) >= 11 is 0. The molecular formula is C20H19NO5. The predicted molar refractivity (Wildman–Crippen MR) is 99.2 cm³/mol. The molecule has 6 heteroatoms. The number of para-hydroxylation sites is 2. The minimum Gasteiger partial charge on any atom is -0.495 e. The Morgan fingerprint density at radius 2 is 1.96 bits per heavy atom. The van der Waals surface area contributed by atoms with Crippen molar-refractivity contribution < 1.29 is 18.7 Å². The molecular weight excluding hydrogens is 334 g/mol. The lowest BCUT2D eigenvalue weighted by Gasteiger charge is -2.10. The number of anilines is 1. The van der Waals surface area contributed by atoms with E-state index >= 15 is 0 Å². The highest BCUT2D eigenvalue weighted by atomic mass is 16.5. The number of methoxy groups -OCH3 is 1. The van der Waals surface area contributed by atoms with E-state index in [-0.39, 0.29) is 5.56 Å². The van der Waals surface area contributed by atoms with Gasteiger partial charge < -0.3 is 19.2 Å². The highest BCUT2D eigenvalue weighted by Crippen LogP contribution is 2.24. The van der Waals surface area contributed by atoms with E-state index in [2.05, 4.69) is 5.32 Å². The first-order valence-electron chi connectivity index (χ1n) is 8.27. The van der Waals surface area contributed by atoms with Gasteiger partial charge in [-0.05, 0) is 36.8 Å². The molecule has 0 fully saturated rings. The average molecular weight is 353 g/mol. The summed E-state index contributed by atoms with van der Waals surface area (Å²) in [6, 6.07) is 13.6. The number of rotatable bonds is 6. The van der Waals surface area contributed by atoms with Gasteiger partial charge in [0.1, 0.15) is 22.6 Å². The number of carbonyl (C=O) groups is 1. The SMILES string of the molecule is CCCOc1ccc2cc(C(=O)Nc3ccccc3OC)c(=O)oc2c1. The first kappa shape index (κ1) is 17.5. The lowest BCUT2D eigenvalue weighted by molar-refractivity contribution is 0.102. The van der Waals surface area contributed by atoms with Gasteiger partial charge in [0.25, 0.3) is 5.91 Å². The summed E-state index contributed by atoms with van der Waals surface area (Å²) in [5, 5.41) is 3.31. The van der Waals surface area contributed by atoms with Crippen LogP contribution in [0.3, 0.4) is 0 Å². The van der Waals surface area contributed by atoms with E-state index in [0.29, 0.717) is 34.8 Å². The molecule has 1 amide bonds. The molecule has 3 aromatic rings. The molecule has 0 radical (unpaired) electrons. The fourth-order valence-electron chi connectivity index (χ4n) is 2.50. The number of nitrogens with one attached hydrogen (secondary N) is 1. The highest BCUT2D eigenvalue weighted by Gasteiger charge is 2.16. The quantitative estimate of drug-likeness (QED) is 0.681. The third kappa shape index (κ3) is 3.69. The van der Waals surface area contributed by atoms with Gasteiger partial charge in [0, 0.05) is 11.5 Å². The molecule has 0 aliphatic heterocycles. The molecule has 1 N–H and O–H groups in total. The monoisotopic (exact) mass is 353 g/mol. The molecule has 0 bridgehead atoms. The van der Waals surface area contributed by atoms with Crippen molar-refractivity contribution in [1.82, 2.24) is 0 Å². The van der Waals surface area contributed by atoms with E-state index < -0.39 is 11.5 Å². The molecule has 0 aliphatic rings. The van der Waals surface area contributed by atoms with Crippen LogP contribution >= 0.6 is 0 Å². The number of benzene rings is 2. The molecule has 0 atom stereocenters. The second-order valence-corrected chi connectivity index (χ2v) is 5.65. The molecule has 1 aromatic heterocycles. The normalized spacial score (nSPS) is 10.5. The third-order valence-corrected chi connectivity index (χ3v) is 3.78. The Morgan fingerprint density at radius 3 is 2.73 bits per heavy atom. The molecule has 2 aromatic carbocycles. The van der Waals surface area contributed by atoms with E-state index in [9.17, 15) is 9.59 Å². The smallest absolute Gasteiger partial charge is 0.349 e. The molecule has 1 heterocycles. The summed E-state index contributed by atoms with van der Waals surface area (Å²) in [4.78, 5) is 24.7. The Balaban J connectivity index is 1.91. The van der Waals surface area contributed by atoms with Crippen LogP contribution in [-0.4, -0.2) is 19.6 Å². The molecule has 0 spiro atoms. The maximum absolute atomic E-state index is 12.5. The molecule has 3 rings (SSSR count). The molecule has 0 saturated heterocycles. The van der Waals surface area contributed by atoms with E-state index in [4.69, 9.17) is 13.9 Å². The van der Waals surface area contributed by atoms with E-state index in [1.807, 2.05) is 6.92 Å². The van der Waals surface area contributed by atoms with Crippen LogP contribution in [-0.2, 0) is 0 Å². The molecule has 0 aliphatic carbocycles. The number of ether oxygens (including phenoxy) is 2. The second-order valence-electron chi connectivity index (χ2n) is 5.65. The second kappa shape index (κ2) is 7.74. The standard InChI is InChI=1S/C20H19NO5/c1-3-10-25-14-9-8-13-11-15(20(23)26-18(13)12-14)19(22)21-16-6-4-5-7-17(16)24-2/h4-9,11-12H,3,10H2,1-2H3,(H,21,22). The Bertz CT molecular complexity index is 993. The van der Waals surface area contributed by atoms with Gasteiger partial charge in [0.05, 0.1) is 19.4 Å². The van der Waals surface area contributed by atoms with Crippen LogP contribution in [0, 0.1) is 0 Å². The zero-order chi connectivity index (χ0) is 18.5. The van der Waals surface area contributed by atoms with Gasteiger partial charge in [-0.15, -0.1) is 0 Å². The maximum atomic E-state index is 12.5. The fraction of sp³-hybridized carbons (Fsp3) is 0.200. The molecule has 134 valence electrons. The Hall–Kier alpha value is -3.28. The first-order chi connectivity index (χ1) is 12.6. The Morgan fingerprint density at radius 1 is 1.15 bits per heavy atom. The van der Waals surface area contributed by atoms with Crippen molar-refractivity contribution in [2.75, 3.05) is 19.0 Å². The summed E-state index contributed by atoms with van der Waals surface area (Å²) in [5.41, 5.74) is 0.0587. The van der Waals surface area contributed by atoms with Gasteiger partial charge in [-0.1, -0.05) is 19.1 Å². The summed E-state index contributed by atoms with van der Waals surface area (Å²) in [5.74, 6) is 0.564. The van der Waals surface area contributed by atoms with Gasteiger partial charge in [-0.25, -0.2) is 4.79 Å². The van der Waals surface area contributed by atoms with Gasteiger partial charge >= 0.3 is 5.63 Å². The van der Waals surface area contributed by atoms with Crippen LogP contribution in [0.25, 0.3) is 11.0 Å².